The lowest BCUT2D eigenvalue weighted by Gasteiger charge is -2.28. The van der Waals surface area contributed by atoms with Gasteiger partial charge in [-0.25, -0.2) is 14.2 Å². The highest BCUT2D eigenvalue weighted by Crippen LogP contribution is 2.16. The van der Waals surface area contributed by atoms with Crippen LogP contribution >= 0.6 is 0 Å². The summed E-state index contributed by atoms with van der Waals surface area (Å²) in [7, 11) is 0. The van der Waals surface area contributed by atoms with Crippen molar-refractivity contribution in [1.82, 2.24) is 20.2 Å². The molecule has 5 atom stereocenters. The van der Waals surface area contributed by atoms with Crippen molar-refractivity contribution >= 4 is 28.7 Å². The van der Waals surface area contributed by atoms with E-state index in [1.54, 1.807) is 68.4 Å². The van der Waals surface area contributed by atoms with E-state index in [-0.39, 0.29) is 11.8 Å². The molecule has 0 radical (unpaired) electrons. The monoisotopic (exact) mass is 524 g/mol. The molecular formula is C27H32N4O7. The second kappa shape index (κ2) is 12.3. The second-order valence-corrected chi connectivity index (χ2v) is 9.29. The number of H-pyrrole nitrogens is 1. The number of nitrogens with one attached hydrogen (secondary N) is 3. The van der Waals surface area contributed by atoms with E-state index in [0.29, 0.717) is 17.5 Å². The van der Waals surface area contributed by atoms with E-state index in [2.05, 4.69) is 15.6 Å². The van der Waals surface area contributed by atoms with E-state index in [0.717, 1.165) is 4.57 Å². The molecule has 11 nitrogen and oxygen atoms in total. The average Bonchev–Trinajstić information content (AvgIpc) is 2.89. The number of aromatic amines is 1. The van der Waals surface area contributed by atoms with E-state index in [1.165, 1.54) is 6.92 Å². The number of para-hydroxylation sites is 1. The maximum atomic E-state index is 13.7. The summed E-state index contributed by atoms with van der Waals surface area (Å²) in [6, 6.07) is 11.1. The lowest BCUT2D eigenvalue weighted by molar-refractivity contribution is -0.145. The minimum atomic E-state index is -1.59. The number of carboxylic acids is 1. The molecule has 0 fully saturated rings. The molecular weight excluding hydrogens is 492 g/mol. The van der Waals surface area contributed by atoms with Crippen LogP contribution in [0.4, 0.5) is 0 Å². The fraction of sp³-hybridized carbons (Fsp3) is 0.370. The molecule has 3 aromatic rings. The third kappa shape index (κ3) is 6.35. The standard InChI is InChI=1S/C27H32N4O7/c1-4-15(2)21(24(34)30-22(16(3)32)26(36)37)29-23(33)20(14-17-10-6-5-7-11-17)31-25(35)18-12-8-9-13-19(18)28-27(31)38/h5-13,15-16,20-22,32H,4,14H2,1-3H3,(H,28,38)(H,29,33)(H,30,34)(H,36,37)/t15-,16+,20+,21+,22+/m1/s1. The number of hydrogen-bond acceptors (Lipinski definition) is 6. The fourth-order valence-corrected chi connectivity index (χ4v) is 4.18. The fourth-order valence-electron chi connectivity index (χ4n) is 4.18. The number of rotatable bonds is 11. The van der Waals surface area contributed by atoms with Gasteiger partial charge in [0.2, 0.25) is 11.8 Å². The van der Waals surface area contributed by atoms with E-state index in [9.17, 15) is 34.2 Å². The molecule has 0 spiro atoms. The summed E-state index contributed by atoms with van der Waals surface area (Å²) in [6.07, 6.45) is -0.955. The largest absolute Gasteiger partial charge is 0.480 e. The summed E-state index contributed by atoms with van der Waals surface area (Å²) in [5, 5.41) is 24.3. The Morgan fingerprint density at radius 2 is 1.53 bits per heavy atom. The summed E-state index contributed by atoms with van der Waals surface area (Å²) >= 11 is 0. The summed E-state index contributed by atoms with van der Waals surface area (Å²) in [5.74, 6) is -3.44. The lowest BCUT2D eigenvalue weighted by Crippen LogP contribution is -2.58. The van der Waals surface area contributed by atoms with Crippen molar-refractivity contribution in [1.29, 1.82) is 0 Å². The van der Waals surface area contributed by atoms with Crippen molar-refractivity contribution < 1.29 is 24.6 Å². The molecule has 0 unspecified atom stereocenters. The van der Waals surface area contributed by atoms with Gasteiger partial charge in [-0.05, 0) is 30.5 Å². The van der Waals surface area contributed by atoms with Gasteiger partial charge in [0.25, 0.3) is 5.56 Å². The van der Waals surface area contributed by atoms with Crippen molar-refractivity contribution in [3.63, 3.8) is 0 Å². The molecule has 2 amide bonds. The van der Waals surface area contributed by atoms with Crippen molar-refractivity contribution in [3.05, 3.63) is 81.0 Å². The van der Waals surface area contributed by atoms with Gasteiger partial charge in [-0.3, -0.25) is 14.4 Å². The Hall–Kier alpha value is -4.25. The van der Waals surface area contributed by atoms with Gasteiger partial charge in [0.05, 0.1) is 17.0 Å². The molecule has 0 aliphatic heterocycles. The van der Waals surface area contributed by atoms with Crippen LogP contribution in [0.2, 0.25) is 0 Å². The van der Waals surface area contributed by atoms with Crippen LogP contribution in [0.5, 0.6) is 0 Å². The van der Waals surface area contributed by atoms with Crippen LogP contribution in [-0.4, -0.2) is 55.7 Å². The first kappa shape index (κ1) is 28.3. The predicted octanol–water partition coefficient (Wildman–Crippen LogP) is 0.955. The minimum absolute atomic E-state index is 0.0196. The number of fused-ring (bicyclic) bond motifs is 1. The van der Waals surface area contributed by atoms with Gasteiger partial charge in [-0.2, -0.15) is 0 Å². The lowest BCUT2D eigenvalue weighted by atomic mass is 9.96. The zero-order chi connectivity index (χ0) is 28.0. The zero-order valence-electron chi connectivity index (χ0n) is 21.4. The molecule has 0 aliphatic carbocycles. The maximum absolute atomic E-state index is 13.7. The van der Waals surface area contributed by atoms with Crippen LogP contribution in [0.25, 0.3) is 10.9 Å². The molecule has 11 heteroatoms. The van der Waals surface area contributed by atoms with E-state index in [4.69, 9.17) is 0 Å². The molecule has 0 aliphatic rings. The molecule has 0 bridgehead atoms. The molecule has 38 heavy (non-hydrogen) atoms. The third-order valence-electron chi connectivity index (χ3n) is 6.56. The number of hydrogen-bond donors (Lipinski definition) is 5. The van der Waals surface area contributed by atoms with Gasteiger partial charge >= 0.3 is 11.7 Å². The number of carbonyl (C=O) groups is 3. The zero-order valence-corrected chi connectivity index (χ0v) is 21.4. The minimum Gasteiger partial charge on any atom is -0.480 e. The Kier molecular flexibility index (Phi) is 9.19. The van der Waals surface area contributed by atoms with Crippen LogP contribution in [0.3, 0.4) is 0 Å². The summed E-state index contributed by atoms with van der Waals surface area (Å²) in [4.78, 5) is 67.4. The second-order valence-electron chi connectivity index (χ2n) is 9.29. The van der Waals surface area contributed by atoms with Gasteiger partial charge in [0, 0.05) is 6.42 Å². The Morgan fingerprint density at radius 1 is 0.921 bits per heavy atom. The number of carboxylic acid groups (broad SMARTS) is 1. The number of aliphatic hydroxyl groups is 1. The Bertz CT molecular complexity index is 1410. The molecule has 5 N–H and O–H groups in total. The van der Waals surface area contributed by atoms with Crippen LogP contribution in [0, 0.1) is 5.92 Å². The van der Waals surface area contributed by atoms with Crippen LogP contribution in [0.15, 0.2) is 64.2 Å². The van der Waals surface area contributed by atoms with Crippen LogP contribution in [-0.2, 0) is 20.8 Å². The molecule has 1 aromatic heterocycles. The number of benzene rings is 2. The summed E-state index contributed by atoms with van der Waals surface area (Å²) in [5.41, 5.74) is -0.441. The van der Waals surface area contributed by atoms with Crippen molar-refractivity contribution in [2.75, 3.05) is 0 Å². The summed E-state index contributed by atoms with van der Waals surface area (Å²) < 4.78 is 0.839. The molecule has 2 aromatic carbocycles. The van der Waals surface area contributed by atoms with E-state index in [1.807, 2.05) is 0 Å². The van der Waals surface area contributed by atoms with Gasteiger partial charge < -0.3 is 25.8 Å². The maximum Gasteiger partial charge on any atom is 0.329 e. The van der Waals surface area contributed by atoms with Crippen LogP contribution < -0.4 is 21.9 Å². The number of aromatic nitrogens is 2. The molecule has 0 saturated carbocycles. The number of amides is 2. The van der Waals surface area contributed by atoms with Crippen molar-refractivity contribution in [3.8, 4) is 0 Å². The van der Waals surface area contributed by atoms with Gasteiger partial charge in [0.15, 0.2) is 6.04 Å². The average molecular weight is 525 g/mol. The summed E-state index contributed by atoms with van der Waals surface area (Å²) in [6.45, 7) is 4.72. The van der Waals surface area contributed by atoms with Gasteiger partial charge in [-0.1, -0.05) is 62.7 Å². The molecule has 1 heterocycles. The molecule has 202 valence electrons. The molecule has 0 saturated heterocycles. The number of nitrogens with zero attached hydrogens (tertiary/aromatic N) is 1. The number of aliphatic hydroxyl groups excluding tert-OH is 1. The van der Waals surface area contributed by atoms with Crippen molar-refractivity contribution in [2.45, 2.75) is 57.8 Å². The van der Waals surface area contributed by atoms with Crippen molar-refractivity contribution in [2.24, 2.45) is 5.92 Å². The Labute approximate surface area is 218 Å². The normalized spacial score (nSPS) is 15.2. The molecule has 3 rings (SSSR count). The van der Waals surface area contributed by atoms with Gasteiger partial charge in [-0.15, -0.1) is 0 Å². The highest BCUT2D eigenvalue weighted by atomic mass is 16.4. The van der Waals surface area contributed by atoms with E-state index >= 15 is 0 Å². The first-order valence-electron chi connectivity index (χ1n) is 12.3. The highest BCUT2D eigenvalue weighted by molar-refractivity contribution is 5.92. The highest BCUT2D eigenvalue weighted by Gasteiger charge is 2.34. The van der Waals surface area contributed by atoms with Crippen LogP contribution in [0.1, 0.15) is 38.8 Å². The number of carbonyl (C=O) groups excluding carboxylic acids is 2. The van der Waals surface area contributed by atoms with Gasteiger partial charge in [0.1, 0.15) is 12.1 Å². The first-order chi connectivity index (χ1) is 18.0. The Balaban J connectivity index is 2.04. The smallest absolute Gasteiger partial charge is 0.329 e. The number of aliphatic carboxylic acids is 1. The Morgan fingerprint density at radius 3 is 2.13 bits per heavy atom. The van der Waals surface area contributed by atoms with E-state index < -0.39 is 59.2 Å². The SMILES string of the molecule is CC[C@@H](C)[C@H](NC(=O)[C@H](Cc1ccccc1)n1c(=O)[nH]c2ccccc2c1=O)C(=O)N[C@H](C(=O)O)[C@H](C)O. The predicted molar refractivity (Wildman–Crippen MR) is 141 cm³/mol. The third-order valence-corrected chi connectivity index (χ3v) is 6.56. The topological polar surface area (TPSA) is 171 Å². The first-order valence-corrected chi connectivity index (χ1v) is 12.3. The quantitative estimate of drug-likeness (QED) is 0.249.